The van der Waals surface area contributed by atoms with E-state index in [4.69, 9.17) is 0 Å². The summed E-state index contributed by atoms with van der Waals surface area (Å²) < 4.78 is 14.7. The largest absolute Gasteiger partial charge is 0.350 e. The fraction of sp³-hybridized carbons (Fsp3) is 0.353. The van der Waals surface area contributed by atoms with Gasteiger partial charge in [0.15, 0.2) is 0 Å². The molecule has 1 aromatic heterocycles. The number of rotatable bonds is 5. The number of nitrogens with zero attached hydrogens (tertiary/aromatic N) is 1. The van der Waals surface area contributed by atoms with Crippen LogP contribution < -0.4 is 5.32 Å². The fourth-order valence-corrected chi connectivity index (χ4v) is 3.50. The number of amides is 1. The molecule has 0 saturated carbocycles. The monoisotopic (exact) mass is 444 g/mol. The van der Waals surface area contributed by atoms with Gasteiger partial charge in [0.05, 0.1) is 0 Å². The second kappa shape index (κ2) is 7.61. The van der Waals surface area contributed by atoms with E-state index in [0.717, 1.165) is 9.26 Å². The van der Waals surface area contributed by atoms with Crippen molar-refractivity contribution in [1.82, 2.24) is 9.88 Å². The summed E-state index contributed by atoms with van der Waals surface area (Å²) in [5, 5.41) is 2.86. The van der Waals surface area contributed by atoms with E-state index in [-0.39, 0.29) is 10.7 Å². The quantitative estimate of drug-likeness (QED) is 0.720. The summed E-state index contributed by atoms with van der Waals surface area (Å²) in [4.78, 5) is 12.4. The summed E-state index contributed by atoms with van der Waals surface area (Å²) >= 11 is 2.25. The van der Waals surface area contributed by atoms with E-state index in [1.54, 1.807) is 6.07 Å². The lowest BCUT2D eigenvalue weighted by Crippen LogP contribution is -2.33. The number of hydrogen-bond acceptors (Lipinski definition) is 2. The zero-order chi connectivity index (χ0) is 17.0. The van der Waals surface area contributed by atoms with E-state index in [0.29, 0.717) is 18.0 Å². The Labute approximate surface area is 153 Å². The SMILES string of the molecule is CC(C)(C)S(=O)CCNC(=O)c1cccn1-c1cccc(I)c1. The summed E-state index contributed by atoms with van der Waals surface area (Å²) in [6.45, 7) is 6.22. The third-order valence-electron chi connectivity index (χ3n) is 3.32. The molecular weight excluding hydrogens is 423 g/mol. The summed E-state index contributed by atoms with van der Waals surface area (Å²) in [6.07, 6.45) is 1.87. The van der Waals surface area contributed by atoms with Crippen molar-refractivity contribution < 1.29 is 9.00 Å². The van der Waals surface area contributed by atoms with E-state index < -0.39 is 10.8 Å². The molecule has 1 aromatic carbocycles. The first-order chi connectivity index (χ1) is 10.8. The zero-order valence-corrected chi connectivity index (χ0v) is 16.5. The van der Waals surface area contributed by atoms with Gasteiger partial charge in [-0.25, -0.2) is 0 Å². The lowest BCUT2D eigenvalue weighted by Gasteiger charge is -2.17. The van der Waals surface area contributed by atoms with Crippen molar-refractivity contribution in [3.05, 3.63) is 51.9 Å². The summed E-state index contributed by atoms with van der Waals surface area (Å²) in [6, 6.07) is 11.6. The molecule has 1 N–H and O–H groups in total. The number of nitrogens with one attached hydrogen (secondary N) is 1. The van der Waals surface area contributed by atoms with Crippen LogP contribution in [-0.4, -0.2) is 31.7 Å². The van der Waals surface area contributed by atoms with Gasteiger partial charge in [-0.2, -0.15) is 0 Å². The Hall–Kier alpha value is -1.15. The molecule has 0 bridgehead atoms. The fourth-order valence-electron chi connectivity index (χ4n) is 2.07. The molecule has 0 spiro atoms. The molecule has 1 atom stereocenters. The molecule has 23 heavy (non-hydrogen) atoms. The molecule has 4 nitrogen and oxygen atoms in total. The highest BCUT2D eigenvalue weighted by molar-refractivity contribution is 14.1. The second-order valence-electron chi connectivity index (χ2n) is 6.16. The number of carbonyl (C=O) groups excluding carboxylic acids is 1. The number of hydrogen-bond donors (Lipinski definition) is 1. The van der Waals surface area contributed by atoms with E-state index in [1.807, 2.05) is 61.9 Å². The van der Waals surface area contributed by atoms with E-state index in [2.05, 4.69) is 27.9 Å². The van der Waals surface area contributed by atoms with Crippen LogP contribution in [-0.2, 0) is 10.8 Å². The van der Waals surface area contributed by atoms with Crippen LogP contribution in [0.1, 0.15) is 31.3 Å². The van der Waals surface area contributed by atoms with Crippen molar-refractivity contribution in [2.45, 2.75) is 25.5 Å². The predicted octanol–water partition coefficient (Wildman–Crippen LogP) is 3.36. The molecule has 0 aliphatic carbocycles. The maximum Gasteiger partial charge on any atom is 0.268 e. The highest BCUT2D eigenvalue weighted by Gasteiger charge is 2.19. The topological polar surface area (TPSA) is 51.1 Å². The molecule has 1 heterocycles. The number of benzene rings is 1. The normalized spacial score (nSPS) is 12.9. The van der Waals surface area contributed by atoms with Crippen molar-refractivity contribution in [3.63, 3.8) is 0 Å². The maximum atomic E-state index is 12.4. The lowest BCUT2D eigenvalue weighted by atomic mass is 10.3. The number of aromatic nitrogens is 1. The van der Waals surface area contributed by atoms with E-state index in [1.165, 1.54) is 0 Å². The van der Waals surface area contributed by atoms with Crippen LogP contribution in [0.25, 0.3) is 5.69 Å². The minimum Gasteiger partial charge on any atom is -0.350 e. The molecule has 2 rings (SSSR count). The van der Waals surface area contributed by atoms with E-state index in [9.17, 15) is 9.00 Å². The zero-order valence-electron chi connectivity index (χ0n) is 13.5. The molecule has 0 fully saturated rings. The average Bonchev–Trinajstić information content (AvgIpc) is 2.95. The molecule has 1 amide bonds. The minimum absolute atomic E-state index is 0.153. The van der Waals surface area contributed by atoms with Gasteiger partial charge in [-0.15, -0.1) is 0 Å². The molecule has 0 aliphatic rings. The lowest BCUT2D eigenvalue weighted by molar-refractivity contribution is 0.0949. The van der Waals surface area contributed by atoms with Crippen LogP contribution in [0.5, 0.6) is 0 Å². The van der Waals surface area contributed by atoms with Crippen LogP contribution >= 0.6 is 22.6 Å². The summed E-state index contributed by atoms with van der Waals surface area (Å²) in [7, 11) is -0.967. The van der Waals surface area contributed by atoms with Gasteiger partial charge in [0, 0.05) is 43.3 Å². The van der Waals surface area contributed by atoms with E-state index >= 15 is 0 Å². The Morgan fingerprint density at radius 2 is 2.00 bits per heavy atom. The van der Waals surface area contributed by atoms with Crippen LogP contribution in [0, 0.1) is 3.57 Å². The molecule has 6 heteroatoms. The summed E-state index contributed by atoms with van der Waals surface area (Å²) in [5.41, 5.74) is 1.53. The maximum absolute atomic E-state index is 12.4. The van der Waals surface area contributed by atoms with Gasteiger partial charge >= 0.3 is 0 Å². The van der Waals surface area contributed by atoms with Gasteiger partial charge in [0.25, 0.3) is 5.91 Å². The highest BCUT2D eigenvalue weighted by Crippen LogP contribution is 2.16. The van der Waals surface area contributed by atoms with Gasteiger partial charge in [-0.1, -0.05) is 6.07 Å². The van der Waals surface area contributed by atoms with Gasteiger partial charge < -0.3 is 9.88 Å². The smallest absolute Gasteiger partial charge is 0.268 e. The van der Waals surface area contributed by atoms with Crippen LogP contribution in [0.2, 0.25) is 0 Å². The highest BCUT2D eigenvalue weighted by atomic mass is 127. The first kappa shape index (κ1) is 18.2. The first-order valence-electron chi connectivity index (χ1n) is 7.39. The van der Waals surface area contributed by atoms with Crippen molar-refractivity contribution in [2.24, 2.45) is 0 Å². The molecule has 124 valence electrons. The van der Waals surface area contributed by atoms with Gasteiger partial charge in [-0.3, -0.25) is 9.00 Å². The Morgan fingerprint density at radius 1 is 1.26 bits per heavy atom. The second-order valence-corrected chi connectivity index (χ2v) is 9.73. The first-order valence-corrected chi connectivity index (χ1v) is 9.79. The Kier molecular flexibility index (Phi) is 6.02. The minimum atomic E-state index is -0.967. The third kappa shape index (κ3) is 4.91. The standard InChI is InChI=1S/C17H21IN2O2S/c1-17(2,3)23(22)11-9-19-16(21)15-8-5-10-20(15)14-7-4-6-13(18)12-14/h4-8,10,12H,9,11H2,1-3H3,(H,19,21). The number of halogens is 1. The molecule has 0 aliphatic heterocycles. The van der Waals surface area contributed by atoms with Crippen LogP contribution in [0.3, 0.4) is 0 Å². The molecule has 0 saturated heterocycles. The van der Waals surface area contributed by atoms with Crippen molar-refractivity contribution in [1.29, 1.82) is 0 Å². The van der Waals surface area contributed by atoms with Crippen molar-refractivity contribution >= 4 is 39.3 Å². The number of carbonyl (C=O) groups is 1. The Bertz CT molecular complexity index is 719. The van der Waals surface area contributed by atoms with Crippen molar-refractivity contribution in [2.75, 3.05) is 12.3 Å². The predicted molar refractivity (Wildman–Crippen MR) is 104 cm³/mol. The average molecular weight is 444 g/mol. The third-order valence-corrected chi connectivity index (χ3v) is 5.94. The van der Waals surface area contributed by atoms with Crippen LogP contribution in [0.15, 0.2) is 42.6 Å². The Morgan fingerprint density at radius 3 is 2.65 bits per heavy atom. The van der Waals surface area contributed by atoms with Gasteiger partial charge in [0.1, 0.15) is 5.69 Å². The summed E-state index contributed by atoms with van der Waals surface area (Å²) in [5.74, 6) is 0.305. The molecular formula is C17H21IN2O2S. The molecule has 0 radical (unpaired) electrons. The van der Waals surface area contributed by atoms with Gasteiger partial charge in [0.2, 0.25) is 0 Å². The van der Waals surface area contributed by atoms with Crippen molar-refractivity contribution in [3.8, 4) is 5.69 Å². The van der Waals surface area contributed by atoms with Gasteiger partial charge in [-0.05, 0) is 73.7 Å². The molecule has 2 aromatic rings. The molecule has 1 unspecified atom stereocenters. The Balaban J connectivity index is 2.04. The van der Waals surface area contributed by atoms with Crippen LogP contribution in [0.4, 0.5) is 0 Å².